The lowest BCUT2D eigenvalue weighted by Gasteiger charge is -2.13. The first-order valence-electron chi connectivity index (χ1n) is 19.7. The van der Waals surface area contributed by atoms with Crippen molar-refractivity contribution in [2.24, 2.45) is 0 Å². The molecule has 0 saturated heterocycles. The molecule has 0 saturated carbocycles. The molecular formula is C55H35N3. The zero-order valence-electron chi connectivity index (χ0n) is 31.5. The van der Waals surface area contributed by atoms with Crippen molar-refractivity contribution in [2.45, 2.75) is 0 Å². The number of rotatable bonds is 4. The van der Waals surface area contributed by atoms with Gasteiger partial charge in [0.05, 0.1) is 11.4 Å². The van der Waals surface area contributed by atoms with Crippen molar-refractivity contribution in [3.8, 4) is 45.0 Å². The minimum atomic E-state index is 0.687. The quantitative estimate of drug-likeness (QED) is 0.181. The van der Waals surface area contributed by atoms with E-state index in [1.807, 2.05) is 30.5 Å². The van der Waals surface area contributed by atoms with Gasteiger partial charge >= 0.3 is 0 Å². The Hall–Kier alpha value is -7.75. The number of aromatic nitrogens is 3. The molecule has 0 spiro atoms. The monoisotopic (exact) mass is 737 g/mol. The summed E-state index contributed by atoms with van der Waals surface area (Å²) in [5.41, 5.74) is 6.93. The zero-order valence-corrected chi connectivity index (χ0v) is 31.5. The Morgan fingerprint density at radius 2 is 0.759 bits per heavy atom. The maximum Gasteiger partial charge on any atom is 0.160 e. The van der Waals surface area contributed by atoms with Crippen molar-refractivity contribution in [3.63, 3.8) is 0 Å². The van der Waals surface area contributed by atoms with E-state index in [2.05, 4.69) is 181 Å². The molecule has 0 N–H and O–H groups in total. The highest BCUT2D eigenvalue weighted by atomic mass is 14.9. The minimum absolute atomic E-state index is 0.687. The fourth-order valence-corrected chi connectivity index (χ4v) is 8.62. The molecule has 3 nitrogen and oxygen atoms in total. The highest BCUT2D eigenvalue weighted by molar-refractivity contribution is 6.30. The van der Waals surface area contributed by atoms with Crippen LogP contribution in [0.3, 0.4) is 0 Å². The first-order valence-corrected chi connectivity index (χ1v) is 19.7. The predicted molar refractivity (Wildman–Crippen MR) is 244 cm³/mol. The van der Waals surface area contributed by atoms with Gasteiger partial charge in [0.1, 0.15) is 0 Å². The standard InChI is InChI=1S/C55H35N3/c1-2-14-39(15-3-1)55-57-52(38-26-24-36(25-27-38)41-16-12-32-56-35-41)34-53(58-55)40-29-30-48-46-21-9-7-19-44(46)43-18-6-8-20-45(43)47-22-10-11-23-49(47)54-42-17-5-4-13-37(42)28-31-50(54)51(48)33-40/h1-35H. The molecule has 0 aliphatic rings. The summed E-state index contributed by atoms with van der Waals surface area (Å²) in [6.45, 7) is 0. The van der Waals surface area contributed by atoms with Crippen LogP contribution in [0.5, 0.6) is 0 Å². The molecule has 58 heavy (non-hydrogen) atoms. The van der Waals surface area contributed by atoms with Crippen LogP contribution in [0.2, 0.25) is 0 Å². The van der Waals surface area contributed by atoms with E-state index >= 15 is 0 Å². The molecule has 11 aromatic rings. The fourth-order valence-electron chi connectivity index (χ4n) is 8.62. The van der Waals surface area contributed by atoms with Crippen molar-refractivity contribution in [1.82, 2.24) is 15.0 Å². The maximum atomic E-state index is 5.29. The van der Waals surface area contributed by atoms with Crippen molar-refractivity contribution < 1.29 is 0 Å². The summed E-state index contributed by atoms with van der Waals surface area (Å²) >= 11 is 0. The van der Waals surface area contributed by atoms with Crippen LogP contribution < -0.4 is 0 Å². The fraction of sp³-hybridized carbons (Fsp3) is 0. The second-order valence-corrected chi connectivity index (χ2v) is 14.8. The van der Waals surface area contributed by atoms with E-state index in [1.165, 1.54) is 59.2 Å². The number of pyridine rings is 1. The van der Waals surface area contributed by atoms with E-state index in [0.717, 1.165) is 44.6 Å². The van der Waals surface area contributed by atoms with E-state index in [-0.39, 0.29) is 0 Å². The molecule has 0 fully saturated rings. The molecule has 0 aliphatic carbocycles. The summed E-state index contributed by atoms with van der Waals surface area (Å²) < 4.78 is 0. The van der Waals surface area contributed by atoms with Gasteiger partial charge in [0.15, 0.2) is 5.82 Å². The average molecular weight is 738 g/mol. The van der Waals surface area contributed by atoms with Gasteiger partial charge in [-0.25, -0.2) is 9.97 Å². The van der Waals surface area contributed by atoms with Gasteiger partial charge in [-0.3, -0.25) is 4.98 Å². The van der Waals surface area contributed by atoms with Crippen LogP contribution in [-0.2, 0) is 0 Å². The molecule has 0 atom stereocenters. The first-order chi connectivity index (χ1) is 28.8. The van der Waals surface area contributed by atoms with Crippen LogP contribution in [0.15, 0.2) is 213 Å². The summed E-state index contributed by atoms with van der Waals surface area (Å²) in [4.78, 5) is 14.8. The maximum absolute atomic E-state index is 5.29. The molecule has 0 radical (unpaired) electrons. The molecule has 2 aromatic heterocycles. The van der Waals surface area contributed by atoms with Gasteiger partial charge in [-0.15, -0.1) is 0 Å². The van der Waals surface area contributed by atoms with Crippen LogP contribution in [0.1, 0.15) is 0 Å². The summed E-state index contributed by atoms with van der Waals surface area (Å²) in [5, 5.41) is 14.4. The summed E-state index contributed by atoms with van der Waals surface area (Å²) in [7, 11) is 0. The third-order valence-corrected chi connectivity index (χ3v) is 11.4. The number of hydrogen-bond acceptors (Lipinski definition) is 3. The number of fused-ring (bicyclic) bond motifs is 12. The molecule has 2 heterocycles. The van der Waals surface area contributed by atoms with E-state index < -0.39 is 0 Å². The van der Waals surface area contributed by atoms with Gasteiger partial charge in [-0.1, -0.05) is 182 Å². The normalized spacial score (nSPS) is 11.4. The van der Waals surface area contributed by atoms with Crippen LogP contribution in [-0.4, -0.2) is 15.0 Å². The third-order valence-electron chi connectivity index (χ3n) is 11.4. The van der Waals surface area contributed by atoms with Gasteiger partial charge in [0, 0.05) is 29.1 Å². The Labute approximate surface area is 335 Å². The molecule has 9 aromatic carbocycles. The minimum Gasteiger partial charge on any atom is -0.264 e. The lowest BCUT2D eigenvalue weighted by Crippen LogP contribution is -1.96. The van der Waals surface area contributed by atoms with E-state index in [0.29, 0.717) is 5.82 Å². The third kappa shape index (κ3) is 5.80. The van der Waals surface area contributed by atoms with Crippen LogP contribution in [0, 0.1) is 0 Å². The van der Waals surface area contributed by atoms with Crippen LogP contribution in [0.25, 0.3) is 110 Å². The number of nitrogens with zero attached hydrogens (tertiary/aromatic N) is 3. The second kappa shape index (κ2) is 14.1. The topological polar surface area (TPSA) is 38.7 Å². The Morgan fingerprint density at radius 1 is 0.276 bits per heavy atom. The molecule has 0 unspecified atom stereocenters. The number of benzene rings is 8. The Kier molecular flexibility index (Phi) is 8.15. The Morgan fingerprint density at radius 3 is 1.41 bits per heavy atom. The predicted octanol–water partition coefficient (Wildman–Crippen LogP) is 14.6. The Bertz CT molecular complexity index is 3430. The molecule has 270 valence electrons. The lowest BCUT2D eigenvalue weighted by molar-refractivity contribution is 1.18. The highest BCUT2D eigenvalue weighted by Crippen LogP contribution is 2.40. The van der Waals surface area contributed by atoms with E-state index in [4.69, 9.17) is 9.97 Å². The lowest BCUT2D eigenvalue weighted by atomic mass is 9.91. The van der Waals surface area contributed by atoms with Gasteiger partial charge in [0.25, 0.3) is 0 Å². The summed E-state index contributed by atoms with van der Waals surface area (Å²) in [6, 6.07) is 71.8. The average Bonchev–Trinajstić information content (AvgIpc) is 3.31. The smallest absolute Gasteiger partial charge is 0.160 e. The molecule has 11 rings (SSSR count). The van der Waals surface area contributed by atoms with Crippen LogP contribution >= 0.6 is 0 Å². The van der Waals surface area contributed by atoms with Gasteiger partial charge in [0.2, 0.25) is 0 Å². The summed E-state index contributed by atoms with van der Waals surface area (Å²) in [6.07, 6.45) is 3.70. The molecular weight excluding hydrogens is 703 g/mol. The molecule has 0 bridgehead atoms. The molecule has 0 aliphatic heterocycles. The van der Waals surface area contributed by atoms with Crippen molar-refractivity contribution in [3.05, 3.63) is 213 Å². The Balaban J connectivity index is 1.25. The SMILES string of the molecule is c1ccc(-c2nc(-c3ccc(-c4cccnc4)cc3)cc(-c3ccc4c5ccccc5c5ccccc5c5ccccc5c5c6ccccc6ccc5c4c3)n2)cc1. The zero-order chi connectivity index (χ0) is 38.4. The van der Waals surface area contributed by atoms with Gasteiger partial charge in [-0.05, 0) is 94.0 Å². The van der Waals surface area contributed by atoms with Gasteiger partial charge < -0.3 is 0 Å². The van der Waals surface area contributed by atoms with Crippen molar-refractivity contribution in [2.75, 3.05) is 0 Å². The van der Waals surface area contributed by atoms with Crippen LogP contribution in [0.4, 0.5) is 0 Å². The first kappa shape index (κ1) is 33.6. The van der Waals surface area contributed by atoms with E-state index in [9.17, 15) is 0 Å². The molecule has 3 heteroatoms. The van der Waals surface area contributed by atoms with Crippen molar-refractivity contribution >= 4 is 64.6 Å². The number of hydrogen-bond donors (Lipinski definition) is 0. The second-order valence-electron chi connectivity index (χ2n) is 14.8. The van der Waals surface area contributed by atoms with E-state index in [1.54, 1.807) is 6.20 Å². The van der Waals surface area contributed by atoms with Gasteiger partial charge in [-0.2, -0.15) is 0 Å². The largest absolute Gasteiger partial charge is 0.264 e. The highest BCUT2D eigenvalue weighted by Gasteiger charge is 2.15. The summed E-state index contributed by atoms with van der Waals surface area (Å²) in [5.74, 6) is 0.687. The molecule has 0 amide bonds. The van der Waals surface area contributed by atoms with Crippen molar-refractivity contribution in [1.29, 1.82) is 0 Å².